The van der Waals surface area contributed by atoms with Gasteiger partial charge in [0.25, 0.3) is 0 Å². The third kappa shape index (κ3) is 2.96. The molecule has 0 aromatic heterocycles. The molecule has 3 aliphatic rings. The Kier molecular flexibility index (Phi) is 4.32. The number of carbonyl (C=O) groups is 2. The van der Waals surface area contributed by atoms with Gasteiger partial charge in [0.2, 0.25) is 5.91 Å². The van der Waals surface area contributed by atoms with Crippen LogP contribution in [0.1, 0.15) is 6.42 Å². The predicted octanol–water partition coefficient (Wildman–Crippen LogP) is 5.14. The fourth-order valence-corrected chi connectivity index (χ4v) is 6.62. The molecule has 3 aromatic carbocycles. The Morgan fingerprint density at radius 2 is 1.77 bits per heavy atom. The van der Waals surface area contributed by atoms with Gasteiger partial charge >= 0.3 is 5.97 Å². The van der Waals surface area contributed by atoms with Crippen LogP contribution in [0.2, 0.25) is 0 Å². The lowest BCUT2D eigenvalue weighted by Gasteiger charge is -2.27. The summed E-state index contributed by atoms with van der Waals surface area (Å²) in [6.45, 7) is 0. The number of esters is 1. The number of hydrogen-bond donors (Lipinski definition) is 1. The fraction of sp³-hybridized carbons (Fsp3) is 0.280. The van der Waals surface area contributed by atoms with Crippen LogP contribution in [-0.2, 0) is 14.3 Å². The Hall–Kier alpha value is -2.86. The van der Waals surface area contributed by atoms with Crippen molar-refractivity contribution in [2.45, 2.75) is 17.4 Å². The van der Waals surface area contributed by atoms with Crippen LogP contribution in [0, 0.1) is 23.7 Å². The number of rotatable bonds is 4. The number of benzene rings is 3. The van der Waals surface area contributed by atoms with Gasteiger partial charge in [0.05, 0.1) is 16.7 Å². The van der Waals surface area contributed by atoms with Crippen molar-refractivity contribution in [1.82, 2.24) is 0 Å². The first kappa shape index (κ1) is 18.9. The highest BCUT2D eigenvalue weighted by molar-refractivity contribution is 9.09. The molecule has 2 saturated carbocycles. The van der Waals surface area contributed by atoms with Crippen LogP contribution in [0.25, 0.3) is 10.8 Å². The molecule has 1 heterocycles. The Labute approximate surface area is 187 Å². The van der Waals surface area contributed by atoms with Crippen LogP contribution in [-0.4, -0.2) is 22.8 Å². The highest BCUT2D eigenvalue weighted by Crippen LogP contribution is 2.60. The van der Waals surface area contributed by atoms with E-state index in [-0.39, 0.29) is 46.5 Å². The van der Waals surface area contributed by atoms with E-state index >= 15 is 0 Å². The second kappa shape index (κ2) is 7.09. The van der Waals surface area contributed by atoms with Crippen molar-refractivity contribution >= 4 is 44.3 Å². The number of anilines is 1. The summed E-state index contributed by atoms with van der Waals surface area (Å²) >= 11 is 3.65. The van der Waals surface area contributed by atoms with Crippen LogP contribution in [0.4, 0.5) is 5.69 Å². The van der Waals surface area contributed by atoms with E-state index in [2.05, 4.69) is 33.4 Å². The largest absolute Gasteiger partial charge is 0.461 e. The summed E-state index contributed by atoms with van der Waals surface area (Å²) in [6.07, 6.45) is 0.796. The van der Waals surface area contributed by atoms with Crippen molar-refractivity contribution in [1.29, 1.82) is 0 Å². The number of halogens is 1. The molecule has 6 atom stereocenters. The summed E-state index contributed by atoms with van der Waals surface area (Å²) in [5, 5.41) is 5.15. The number of amides is 1. The average Bonchev–Trinajstić information content (AvgIpc) is 3.40. The lowest BCUT2D eigenvalue weighted by molar-refractivity contribution is -0.145. The average molecular weight is 478 g/mol. The molecule has 3 fully saturated rings. The Bertz CT molecular complexity index is 1190. The van der Waals surface area contributed by atoms with Crippen LogP contribution in [0.3, 0.4) is 0 Å². The van der Waals surface area contributed by atoms with E-state index in [0.29, 0.717) is 11.4 Å². The smallest absolute Gasteiger partial charge is 0.310 e. The van der Waals surface area contributed by atoms with Crippen LogP contribution < -0.4 is 10.1 Å². The molecule has 1 aliphatic heterocycles. The topological polar surface area (TPSA) is 64.6 Å². The zero-order valence-corrected chi connectivity index (χ0v) is 18.1. The third-order valence-corrected chi connectivity index (χ3v) is 8.13. The minimum absolute atomic E-state index is 0.0624. The van der Waals surface area contributed by atoms with Gasteiger partial charge in [0.15, 0.2) is 0 Å². The maximum atomic E-state index is 13.0. The molecular weight excluding hydrogens is 458 g/mol. The van der Waals surface area contributed by atoms with Gasteiger partial charge in [0, 0.05) is 17.0 Å². The van der Waals surface area contributed by atoms with E-state index in [9.17, 15) is 9.59 Å². The molecule has 0 spiro atoms. The molecule has 6 rings (SSSR count). The first-order valence-electron chi connectivity index (χ1n) is 10.5. The van der Waals surface area contributed by atoms with Gasteiger partial charge in [0.1, 0.15) is 17.6 Å². The van der Waals surface area contributed by atoms with Crippen molar-refractivity contribution in [3.63, 3.8) is 0 Å². The summed E-state index contributed by atoms with van der Waals surface area (Å²) in [4.78, 5) is 25.4. The minimum atomic E-state index is -0.341. The number of hydrogen-bond acceptors (Lipinski definition) is 4. The summed E-state index contributed by atoms with van der Waals surface area (Å²) in [6, 6.07) is 21.4. The molecule has 6 heteroatoms. The SMILES string of the molecule is O=C(Nc1ccc(Oc2cccc3ccccc23)cc1)[C@@H]1[C@@H]2C[C@H]3[C@H](OC(=O)[C@@H]31)[C@@H]2Br. The zero-order chi connectivity index (χ0) is 21.1. The number of ether oxygens (including phenoxy) is 2. The Morgan fingerprint density at radius 3 is 2.61 bits per heavy atom. The summed E-state index contributed by atoms with van der Waals surface area (Å²) in [5.74, 6) is 0.798. The molecule has 0 unspecified atom stereocenters. The number of nitrogens with one attached hydrogen (secondary N) is 1. The first-order chi connectivity index (χ1) is 15.1. The van der Waals surface area contributed by atoms with Crippen LogP contribution >= 0.6 is 15.9 Å². The van der Waals surface area contributed by atoms with Crippen molar-refractivity contribution < 1.29 is 19.1 Å². The summed E-state index contributed by atoms with van der Waals surface area (Å²) < 4.78 is 11.6. The predicted molar refractivity (Wildman–Crippen MR) is 120 cm³/mol. The molecular formula is C25H20BrNO4. The van der Waals surface area contributed by atoms with E-state index in [1.54, 1.807) is 0 Å². The van der Waals surface area contributed by atoms with Crippen LogP contribution in [0.5, 0.6) is 11.5 Å². The van der Waals surface area contributed by atoms with Gasteiger partial charge < -0.3 is 14.8 Å². The third-order valence-electron chi connectivity index (χ3n) is 6.93. The molecule has 1 N–H and O–H groups in total. The standard InChI is InChI=1S/C25H20BrNO4/c26-22-17-12-18-21(25(29)31-23(18)22)20(17)24(28)27-14-8-10-15(11-9-14)30-19-7-3-5-13-4-1-2-6-16(13)19/h1-11,17-18,20-23H,12H2,(H,27,28)/t17-,18+,20+,21-,22+,23-/m0/s1. The highest BCUT2D eigenvalue weighted by atomic mass is 79.9. The molecule has 3 aromatic rings. The van der Waals surface area contributed by atoms with Gasteiger partial charge in [-0.05, 0) is 48.1 Å². The monoisotopic (exact) mass is 477 g/mol. The molecule has 1 saturated heterocycles. The molecule has 31 heavy (non-hydrogen) atoms. The lowest BCUT2D eigenvalue weighted by Crippen LogP contribution is -2.40. The van der Waals surface area contributed by atoms with Crippen molar-refractivity contribution in [2.24, 2.45) is 23.7 Å². The van der Waals surface area contributed by atoms with Crippen LogP contribution in [0.15, 0.2) is 66.7 Å². The number of alkyl halides is 1. The second-order valence-electron chi connectivity index (χ2n) is 8.55. The Morgan fingerprint density at radius 1 is 1.00 bits per heavy atom. The molecule has 156 valence electrons. The summed E-state index contributed by atoms with van der Waals surface area (Å²) in [7, 11) is 0. The Balaban J connectivity index is 1.18. The molecule has 2 bridgehead atoms. The van der Waals surface area contributed by atoms with E-state index in [1.165, 1.54) is 0 Å². The molecule has 1 amide bonds. The van der Waals surface area contributed by atoms with E-state index in [1.807, 2.05) is 54.6 Å². The fourth-order valence-electron chi connectivity index (χ4n) is 5.57. The van der Waals surface area contributed by atoms with Crippen molar-refractivity contribution in [2.75, 3.05) is 5.32 Å². The molecule has 0 radical (unpaired) electrons. The van der Waals surface area contributed by atoms with E-state index < -0.39 is 0 Å². The summed E-state index contributed by atoms with van der Waals surface area (Å²) in [5.41, 5.74) is 0.687. The van der Waals surface area contributed by atoms with Gasteiger partial charge in [-0.25, -0.2) is 0 Å². The molecule has 5 nitrogen and oxygen atoms in total. The maximum absolute atomic E-state index is 13.0. The zero-order valence-electron chi connectivity index (χ0n) is 16.5. The van der Waals surface area contributed by atoms with Crippen molar-refractivity contribution in [3.05, 3.63) is 66.7 Å². The first-order valence-corrected chi connectivity index (χ1v) is 11.4. The van der Waals surface area contributed by atoms with Gasteiger partial charge in [-0.2, -0.15) is 0 Å². The second-order valence-corrected chi connectivity index (χ2v) is 9.61. The van der Waals surface area contributed by atoms with Crippen molar-refractivity contribution in [3.8, 4) is 11.5 Å². The minimum Gasteiger partial charge on any atom is -0.461 e. The van der Waals surface area contributed by atoms with E-state index in [0.717, 1.165) is 22.9 Å². The number of carbonyl (C=O) groups excluding carboxylic acids is 2. The van der Waals surface area contributed by atoms with Gasteiger partial charge in [-0.1, -0.05) is 52.3 Å². The quantitative estimate of drug-likeness (QED) is 0.417. The molecule has 2 aliphatic carbocycles. The van der Waals surface area contributed by atoms with Gasteiger partial charge in [-0.3, -0.25) is 9.59 Å². The lowest BCUT2D eigenvalue weighted by atomic mass is 9.79. The highest BCUT2D eigenvalue weighted by Gasteiger charge is 2.67. The number of fused-ring (bicyclic) bond motifs is 2. The maximum Gasteiger partial charge on any atom is 0.310 e. The normalized spacial score (nSPS) is 30.4. The van der Waals surface area contributed by atoms with Gasteiger partial charge in [-0.15, -0.1) is 0 Å². The van der Waals surface area contributed by atoms with E-state index in [4.69, 9.17) is 9.47 Å².